The predicted molar refractivity (Wildman–Crippen MR) is 73.5 cm³/mol. The Hall–Kier alpha value is -1.26. The van der Waals surface area contributed by atoms with Crippen molar-refractivity contribution in [3.05, 3.63) is 28.8 Å². The first kappa shape index (κ1) is 13.2. The number of nitrogens with one attached hydrogen (secondary N) is 2. The molecule has 0 aromatic heterocycles. The quantitative estimate of drug-likeness (QED) is 0.580. The zero-order valence-corrected chi connectivity index (χ0v) is 11.1. The fourth-order valence-electron chi connectivity index (χ4n) is 2.17. The van der Waals surface area contributed by atoms with Gasteiger partial charge in [-0.3, -0.25) is 10.6 Å². The third kappa shape index (κ3) is 2.76. The monoisotopic (exact) mass is 267 g/mol. The van der Waals surface area contributed by atoms with Gasteiger partial charge in [0.1, 0.15) is 0 Å². The molecular weight excluding hydrogens is 250 g/mol. The van der Waals surface area contributed by atoms with Crippen LogP contribution in [0.4, 0.5) is 5.69 Å². The molecule has 1 saturated carbocycles. The van der Waals surface area contributed by atoms with Gasteiger partial charge in [0.2, 0.25) is 0 Å². The zero-order valence-electron chi connectivity index (χ0n) is 10.4. The summed E-state index contributed by atoms with van der Waals surface area (Å²) in [5.41, 5.74) is 3.58. The highest BCUT2D eigenvalue weighted by molar-refractivity contribution is 6.31. The summed E-state index contributed by atoms with van der Waals surface area (Å²) in [5, 5.41) is 3.53. The SMILES string of the molecule is CC(NC(=O)c1cc(Cl)ccc1NN)C1CCC1. The molecule has 1 amide bonds. The summed E-state index contributed by atoms with van der Waals surface area (Å²) in [6.07, 6.45) is 3.65. The molecule has 0 bridgehead atoms. The molecule has 0 radical (unpaired) electrons. The summed E-state index contributed by atoms with van der Waals surface area (Å²) < 4.78 is 0. The van der Waals surface area contributed by atoms with E-state index in [0.29, 0.717) is 22.2 Å². The lowest BCUT2D eigenvalue weighted by Crippen LogP contribution is -2.41. The number of hydrogen-bond donors (Lipinski definition) is 3. The summed E-state index contributed by atoms with van der Waals surface area (Å²) in [7, 11) is 0. The van der Waals surface area contributed by atoms with Crippen molar-refractivity contribution < 1.29 is 4.79 Å². The van der Waals surface area contributed by atoms with E-state index >= 15 is 0 Å². The Balaban J connectivity index is 2.09. The summed E-state index contributed by atoms with van der Waals surface area (Å²) in [5.74, 6) is 5.86. The number of benzene rings is 1. The molecule has 1 aliphatic rings. The van der Waals surface area contributed by atoms with Crippen molar-refractivity contribution in [1.82, 2.24) is 5.32 Å². The molecule has 4 nitrogen and oxygen atoms in total. The fraction of sp³-hybridized carbons (Fsp3) is 0.462. The summed E-state index contributed by atoms with van der Waals surface area (Å²) in [4.78, 5) is 12.2. The first-order chi connectivity index (χ1) is 8.61. The third-order valence-electron chi connectivity index (χ3n) is 3.60. The standard InChI is InChI=1S/C13H18ClN3O/c1-8(9-3-2-4-9)16-13(18)11-7-10(14)5-6-12(11)17-15/h5-9,17H,2-4,15H2,1H3,(H,16,18). The maximum absolute atomic E-state index is 12.2. The number of nitrogens with two attached hydrogens (primary N) is 1. The molecule has 0 spiro atoms. The van der Waals surface area contributed by atoms with Gasteiger partial charge in [-0.15, -0.1) is 0 Å². The van der Waals surface area contributed by atoms with Crippen molar-refractivity contribution in [2.75, 3.05) is 5.43 Å². The lowest BCUT2D eigenvalue weighted by atomic mass is 9.80. The second-order valence-corrected chi connectivity index (χ2v) is 5.22. The van der Waals surface area contributed by atoms with E-state index < -0.39 is 0 Å². The number of hydrogen-bond acceptors (Lipinski definition) is 3. The van der Waals surface area contributed by atoms with Crippen LogP contribution in [0.2, 0.25) is 5.02 Å². The van der Waals surface area contributed by atoms with Crippen LogP contribution < -0.4 is 16.6 Å². The van der Waals surface area contributed by atoms with Gasteiger partial charge in [-0.2, -0.15) is 0 Å². The van der Waals surface area contributed by atoms with Crippen LogP contribution in [0.25, 0.3) is 0 Å². The number of rotatable bonds is 4. The molecule has 4 N–H and O–H groups in total. The predicted octanol–water partition coefficient (Wildman–Crippen LogP) is 2.54. The normalized spacial score (nSPS) is 16.8. The molecule has 1 aromatic rings. The second-order valence-electron chi connectivity index (χ2n) is 4.79. The van der Waals surface area contributed by atoms with E-state index in [1.54, 1.807) is 18.2 Å². The van der Waals surface area contributed by atoms with E-state index in [4.69, 9.17) is 17.4 Å². The van der Waals surface area contributed by atoms with Gasteiger partial charge in [0, 0.05) is 11.1 Å². The van der Waals surface area contributed by atoms with Crippen LogP contribution in [0.15, 0.2) is 18.2 Å². The molecule has 5 heteroatoms. The minimum Gasteiger partial charge on any atom is -0.349 e. The van der Waals surface area contributed by atoms with Crippen LogP contribution in [0.3, 0.4) is 0 Å². The fourth-order valence-corrected chi connectivity index (χ4v) is 2.34. The van der Waals surface area contributed by atoms with E-state index in [9.17, 15) is 4.79 Å². The van der Waals surface area contributed by atoms with Gasteiger partial charge >= 0.3 is 0 Å². The number of halogens is 1. The lowest BCUT2D eigenvalue weighted by molar-refractivity contribution is 0.0910. The van der Waals surface area contributed by atoms with Crippen LogP contribution in [0.5, 0.6) is 0 Å². The van der Waals surface area contributed by atoms with Crippen molar-refractivity contribution in [3.8, 4) is 0 Å². The maximum Gasteiger partial charge on any atom is 0.253 e. The van der Waals surface area contributed by atoms with Gasteiger partial charge in [0.25, 0.3) is 5.91 Å². The topological polar surface area (TPSA) is 67.2 Å². The van der Waals surface area contributed by atoms with Gasteiger partial charge in [0.15, 0.2) is 0 Å². The number of hydrazine groups is 1. The van der Waals surface area contributed by atoms with Gasteiger partial charge in [-0.1, -0.05) is 18.0 Å². The number of anilines is 1. The molecular formula is C13H18ClN3O. The average Bonchev–Trinajstić information content (AvgIpc) is 2.26. The van der Waals surface area contributed by atoms with Gasteiger partial charge in [-0.25, -0.2) is 0 Å². The van der Waals surface area contributed by atoms with E-state index in [-0.39, 0.29) is 11.9 Å². The highest BCUT2D eigenvalue weighted by Gasteiger charge is 2.25. The molecule has 1 aliphatic carbocycles. The van der Waals surface area contributed by atoms with E-state index in [1.807, 2.05) is 6.92 Å². The first-order valence-electron chi connectivity index (χ1n) is 6.19. The number of carbonyl (C=O) groups excluding carboxylic acids is 1. The van der Waals surface area contributed by atoms with Crippen molar-refractivity contribution >= 4 is 23.2 Å². The Morgan fingerprint density at radius 2 is 2.22 bits per heavy atom. The molecule has 0 saturated heterocycles. The third-order valence-corrected chi connectivity index (χ3v) is 3.83. The van der Waals surface area contributed by atoms with Crippen LogP contribution in [-0.4, -0.2) is 11.9 Å². The number of nitrogen functional groups attached to an aromatic ring is 1. The first-order valence-corrected chi connectivity index (χ1v) is 6.56. The maximum atomic E-state index is 12.2. The number of amides is 1. The smallest absolute Gasteiger partial charge is 0.253 e. The Labute approximate surface area is 112 Å². The Morgan fingerprint density at radius 3 is 2.78 bits per heavy atom. The zero-order chi connectivity index (χ0) is 13.1. The molecule has 0 aliphatic heterocycles. The molecule has 18 heavy (non-hydrogen) atoms. The summed E-state index contributed by atoms with van der Waals surface area (Å²) in [6.45, 7) is 2.04. The van der Waals surface area contributed by atoms with E-state index in [1.165, 1.54) is 19.3 Å². The van der Waals surface area contributed by atoms with Crippen molar-refractivity contribution in [2.24, 2.45) is 11.8 Å². The molecule has 0 heterocycles. The van der Waals surface area contributed by atoms with Crippen LogP contribution in [-0.2, 0) is 0 Å². The van der Waals surface area contributed by atoms with Crippen molar-refractivity contribution in [2.45, 2.75) is 32.2 Å². The highest BCUT2D eigenvalue weighted by Crippen LogP contribution is 2.29. The molecule has 98 valence electrons. The summed E-state index contributed by atoms with van der Waals surface area (Å²) >= 11 is 5.91. The average molecular weight is 268 g/mol. The van der Waals surface area contributed by atoms with Crippen molar-refractivity contribution in [1.29, 1.82) is 0 Å². The minimum atomic E-state index is -0.134. The molecule has 1 atom stereocenters. The number of carbonyl (C=O) groups is 1. The molecule has 2 rings (SSSR count). The minimum absolute atomic E-state index is 0.134. The molecule has 1 unspecified atom stereocenters. The molecule has 1 fully saturated rings. The Bertz CT molecular complexity index is 446. The second kappa shape index (κ2) is 5.59. The Morgan fingerprint density at radius 1 is 1.50 bits per heavy atom. The van der Waals surface area contributed by atoms with E-state index in [2.05, 4.69) is 10.7 Å². The Kier molecular flexibility index (Phi) is 4.09. The van der Waals surface area contributed by atoms with Gasteiger partial charge < -0.3 is 10.7 Å². The molecule has 1 aromatic carbocycles. The van der Waals surface area contributed by atoms with E-state index in [0.717, 1.165) is 0 Å². The van der Waals surface area contributed by atoms with Gasteiger partial charge in [0.05, 0.1) is 11.3 Å². The largest absolute Gasteiger partial charge is 0.349 e. The lowest BCUT2D eigenvalue weighted by Gasteiger charge is -2.32. The van der Waals surface area contributed by atoms with Crippen LogP contribution in [0, 0.1) is 5.92 Å². The van der Waals surface area contributed by atoms with Crippen LogP contribution in [0.1, 0.15) is 36.5 Å². The summed E-state index contributed by atoms with van der Waals surface area (Å²) in [6, 6.07) is 5.21. The highest BCUT2D eigenvalue weighted by atomic mass is 35.5. The van der Waals surface area contributed by atoms with Gasteiger partial charge in [-0.05, 0) is 43.9 Å². The van der Waals surface area contributed by atoms with Crippen molar-refractivity contribution in [3.63, 3.8) is 0 Å². The van der Waals surface area contributed by atoms with Crippen LogP contribution >= 0.6 is 11.6 Å².